The minimum absolute atomic E-state index is 0.365. The Balaban J connectivity index is 1.80. The maximum absolute atomic E-state index is 10.5. The van der Waals surface area contributed by atoms with Gasteiger partial charge in [-0.1, -0.05) is 19.4 Å². The van der Waals surface area contributed by atoms with Gasteiger partial charge in [-0.2, -0.15) is 0 Å². The van der Waals surface area contributed by atoms with Crippen molar-refractivity contribution in [2.75, 3.05) is 0 Å². The van der Waals surface area contributed by atoms with E-state index in [2.05, 4.69) is 24.4 Å². The van der Waals surface area contributed by atoms with Crippen molar-refractivity contribution < 1.29 is 5.11 Å². The molecule has 1 nitrogen and oxygen atoms in total. The summed E-state index contributed by atoms with van der Waals surface area (Å²) in [6, 6.07) is 4.27. The fraction of sp³-hybridized carbons (Fsp3) is 0.714. The average Bonchev–Trinajstić information content (AvgIpc) is 2.81. The molecule has 0 aliphatic heterocycles. The summed E-state index contributed by atoms with van der Waals surface area (Å²) < 4.78 is 0. The Morgan fingerprint density at radius 1 is 1.44 bits per heavy atom. The Morgan fingerprint density at radius 3 is 2.75 bits per heavy atom. The van der Waals surface area contributed by atoms with Crippen molar-refractivity contribution in [3.63, 3.8) is 0 Å². The molecular weight excluding hydrogens is 216 g/mol. The van der Waals surface area contributed by atoms with Crippen LogP contribution in [0.2, 0.25) is 0 Å². The molecule has 0 amide bonds. The van der Waals surface area contributed by atoms with Crippen LogP contribution in [0.4, 0.5) is 0 Å². The molecule has 1 aromatic rings. The van der Waals surface area contributed by atoms with Crippen molar-refractivity contribution in [3.05, 3.63) is 22.4 Å². The maximum Gasteiger partial charge on any atom is 0.0651 e. The highest BCUT2D eigenvalue weighted by atomic mass is 32.1. The topological polar surface area (TPSA) is 20.2 Å². The summed E-state index contributed by atoms with van der Waals surface area (Å²) in [5, 5.41) is 12.6. The molecule has 2 rings (SSSR count). The van der Waals surface area contributed by atoms with Crippen LogP contribution in [0, 0.1) is 5.92 Å². The van der Waals surface area contributed by atoms with Gasteiger partial charge in [0, 0.05) is 4.88 Å². The Labute approximate surface area is 103 Å². The molecule has 0 aromatic carbocycles. The quantitative estimate of drug-likeness (QED) is 0.840. The van der Waals surface area contributed by atoms with E-state index < -0.39 is 0 Å². The van der Waals surface area contributed by atoms with Gasteiger partial charge in [0.2, 0.25) is 0 Å². The third kappa shape index (κ3) is 3.08. The van der Waals surface area contributed by atoms with E-state index in [0.717, 1.165) is 31.6 Å². The van der Waals surface area contributed by atoms with Gasteiger partial charge in [-0.25, -0.2) is 0 Å². The van der Waals surface area contributed by atoms with Gasteiger partial charge in [-0.05, 0) is 55.9 Å². The SMILES string of the molecule is CCC1CCC(O)(CCc2cccs2)CC1. The minimum Gasteiger partial charge on any atom is -0.390 e. The summed E-state index contributed by atoms with van der Waals surface area (Å²) in [5.41, 5.74) is -0.365. The monoisotopic (exact) mass is 238 g/mol. The van der Waals surface area contributed by atoms with E-state index >= 15 is 0 Å². The predicted molar refractivity (Wildman–Crippen MR) is 69.8 cm³/mol. The van der Waals surface area contributed by atoms with E-state index in [1.165, 1.54) is 24.1 Å². The fourth-order valence-electron chi connectivity index (χ4n) is 2.68. The minimum atomic E-state index is -0.365. The largest absolute Gasteiger partial charge is 0.390 e. The Morgan fingerprint density at radius 2 is 2.19 bits per heavy atom. The van der Waals surface area contributed by atoms with Gasteiger partial charge in [0.1, 0.15) is 0 Å². The lowest BCUT2D eigenvalue weighted by molar-refractivity contribution is -0.0164. The number of thiophene rings is 1. The summed E-state index contributed by atoms with van der Waals surface area (Å²) >= 11 is 1.80. The van der Waals surface area contributed by atoms with Crippen molar-refractivity contribution >= 4 is 11.3 Å². The number of hydrogen-bond donors (Lipinski definition) is 1. The highest BCUT2D eigenvalue weighted by Gasteiger charge is 2.32. The van der Waals surface area contributed by atoms with Crippen LogP contribution in [-0.2, 0) is 6.42 Å². The number of aliphatic hydroxyl groups is 1. The van der Waals surface area contributed by atoms with E-state index in [9.17, 15) is 5.11 Å². The van der Waals surface area contributed by atoms with Crippen molar-refractivity contribution in [1.82, 2.24) is 0 Å². The summed E-state index contributed by atoms with van der Waals surface area (Å²) in [4.78, 5) is 1.41. The molecule has 0 bridgehead atoms. The van der Waals surface area contributed by atoms with Crippen molar-refractivity contribution in [2.24, 2.45) is 5.92 Å². The van der Waals surface area contributed by atoms with Gasteiger partial charge in [-0.3, -0.25) is 0 Å². The average molecular weight is 238 g/mol. The van der Waals surface area contributed by atoms with Crippen LogP contribution in [0.15, 0.2) is 17.5 Å². The third-order valence-corrected chi connectivity index (χ3v) is 4.97. The summed E-state index contributed by atoms with van der Waals surface area (Å²) in [5.74, 6) is 0.863. The van der Waals surface area contributed by atoms with Gasteiger partial charge in [0.05, 0.1) is 5.60 Å². The highest BCUT2D eigenvalue weighted by Crippen LogP contribution is 2.36. The van der Waals surface area contributed by atoms with Crippen molar-refractivity contribution in [2.45, 2.75) is 57.5 Å². The third-order valence-electron chi connectivity index (χ3n) is 4.03. The molecule has 1 heterocycles. The molecule has 1 aromatic heterocycles. The van der Waals surface area contributed by atoms with Crippen LogP contribution in [0.3, 0.4) is 0 Å². The van der Waals surface area contributed by atoms with Crippen LogP contribution >= 0.6 is 11.3 Å². The van der Waals surface area contributed by atoms with E-state index in [1.807, 2.05) is 0 Å². The van der Waals surface area contributed by atoms with Crippen LogP contribution < -0.4 is 0 Å². The fourth-order valence-corrected chi connectivity index (χ4v) is 3.39. The van der Waals surface area contributed by atoms with Crippen LogP contribution in [0.25, 0.3) is 0 Å². The molecule has 2 heteroatoms. The molecule has 1 saturated carbocycles. The van der Waals surface area contributed by atoms with Gasteiger partial charge >= 0.3 is 0 Å². The Kier molecular flexibility index (Phi) is 4.04. The zero-order valence-electron chi connectivity index (χ0n) is 10.1. The molecule has 1 N–H and O–H groups in total. The first-order chi connectivity index (χ1) is 7.72. The maximum atomic E-state index is 10.5. The second-order valence-corrected chi connectivity index (χ2v) is 6.19. The summed E-state index contributed by atoms with van der Waals surface area (Å²) in [6.07, 6.45) is 7.73. The normalized spacial score (nSPS) is 30.5. The lowest BCUT2D eigenvalue weighted by atomic mass is 9.76. The molecule has 0 atom stereocenters. The molecule has 0 unspecified atom stereocenters. The molecule has 90 valence electrons. The molecule has 16 heavy (non-hydrogen) atoms. The second-order valence-electron chi connectivity index (χ2n) is 5.16. The first kappa shape index (κ1) is 12.1. The predicted octanol–water partition coefficient (Wildman–Crippen LogP) is 4.01. The second kappa shape index (κ2) is 5.33. The number of aryl methyl sites for hydroxylation is 1. The van der Waals surface area contributed by atoms with Crippen molar-refractivity contribution in [3.8, 4) is 0 Å². The van der Waals surface area contributed by atoms with E-state index in [-0.39, 0.29) is 5.60 Å². The Hall–Kier alpha value is -0.340. The standard InChI is InChI=1S/C14H22OS/c1-2-12-5-8-14(15,9-6-12)10-7-13-4-3-11-16-13/h3-4,11-12,15H,2,5-10H2,1H3. The molecule has 0 radical (unpaired) electrons. The Bertz CT molecular complexity index is 297. The highest BCUT2D eigenvalue weighted by molar-refractivity contribution is 7.09. The molecule has 0 spiro atoms. The first-order valence-corrected chi connectivity index (χ1v) is 7.34. The van der Waals surface area contributed by atoms with Gasteiger partial charge in [0.25, 0.3) is 0 Å². The number of rotatable bonds is 4. The molecule has 1 aliphatic carbocycles. The smallest absolute Gasteiger partial charge is 0.0651 e. The zero-order chi connectivity index (χ0) is 11.4. The van der Waals surface area contributed by atoms with E-state index in [1.54, 1.807) is 11.3 Å². The summed E-state index contributed by atoms with van der Waals surface area (Å²) in [6.45, 7) is 2.26. The molecule has 1 fully saturated rings. The van der Waals surface area contributed by atoms with E-state index in [0.29, 0.717) is 0 Å². The molecular formula is C14H22OS. The summed E-state index contributed by atoms with van der Waals surface area (Å²) in [7, 11) is 0. The van der Waals surface area contributed by atoms with E-state index in [4.69, 9.17) is 0 Å². The van der Waals surface area contributed by atoms with Gasteiger partial charge < -0.3 is 5.11 Å². The van der Waals surface area contributed by atoms with Gasteiger partial charge in [0.15, 0.2) is 0 Å². The number of hydrogen-bond acceptors (Lipinski definition) is 2. The first-order valence-electron chi connectivity index (χ1n) is 6.46. The van der Waals surface area contributed by atoms with Crippen LogP contribution in [-0.4, -0.2) is 10.7 Å². The molecule has 0 saturated heterocycles. The molecule has 1 aliphatic rings. The van der Waals surface area contributed by atoms with Crippen molar-refractivity contribution in [1.29, 1.82) is 0 Å². The lowest BCUT2D eigenvalue weighted by Crippen LogP contribution is -2.34. The van der Waals surface area contributed by atoms with Crippen LogP contribution in [0.5, 0.6) is 0 Å². The zero-order valence-corrected chi connectivity index (χ0v) is 10.9. The van der Waals surface area contributed by atoms with Crippen LogP contribution in [0.1, 0.15) is 50.3 Å². The lowest BCUT2D eigenvalue weighted by Gasteiger charge is -2.35. The van der Waals surface area contributed by atoms with Gasteiger partial charge in [-0.15, -0.1) is 11.3 Å².